The lowest BCUT2D eigenvalue weighted by atomic mass is 9.97. The van der Waals surface area contributed by atoms with Gasteiger partial charge < -0.3 is 10.2 Å². The normalized spacial score (nSPS) is 17.6. The lowest BCUT2D eigenvalue weighted by Gasteiger charge is -2.28. The number of hydrogen-bond acceptors (Lipinski definition) is 5. The summed E-state index contributed by atoms with van der Waals surface area (Å²) >= 11 is 1.51. The van der Waals surface area contributed by atoms with Crippen LogP contribution in [0.15, 0.2) is 11.6 Å². The molecule has 1 aliphatic carbocycles. The average molecular weight is 399 g/mol. The van der Waals surface area contributed by atoms with E-state index >= 15 is 0 Å². The molecule has 0 saturated carbocycles. The van der Waals surface area contributed by atoms with Gasteiger partial charge in [-0.2, -0.15) is 0 Å². The molecule has 28 heavy (non-hydrogen) atoms. The standard InChI is InChI=1S/C22H30N4OS/c1-15-18-20(26-13-7-4-8-14-26)24-16(2)25-22(18)28-19(15)21(27)23-12-11-17-9-5-3-6-10-17/h9H,3-8,10-14H2,1-2H3,(H,23,27). The highest BCUT2D eigenvalue weighted by Crippen LogP contribution is 2.36. The van der Waals surface area contributed by atoms with Crippen molar-refractivity contribution in [2.24, 2.45) is 0 Å². The van der Waals surface area contributed by atoms with E-state index in [4.69, 9.17) is 4.98 Å². The van der Waals surface area contributed by atoms with Crippen LogP contribution in [-0.4, -0.2) is 35.5 Å². The zero-order valence-corrected chi connectivity index (χ0v) is 17.8. The first-order valence-corrected chi connectivity index (χ1v) is 11.4. The van der Waals surface area contributed by atoms with E-state index in [2.05, 4.69) is 21.3 Å². The number of fused-ring (bicyclic) bond motifs is 1. The molecule has 1 N–H and O–H groups in total. The van der Waals surface area contributed by atoms with Gasteiger partial charge in [0.05, 0.1) is 10.3 Å². The minimum atomic E-state index is 0.0270. The molecule has 5 nitrogen and oxygen atoms in total. The van der Waals surface area contributed by atoms with Gasteiger partial charge in [0.1, 0.15) is 16.5 Å². The number of rotatable bonds is 5. The molecule has 3 heterocycles. The predicted molar refractivity (Wildman–Crippen MR) is 116 cm³/mol. The molecule has 0 spiro atoms. The molecule has 0 bridgehead atoms. The smallest absolute Gasteiger partial charge is 0.261 e. The molecule has 1 fully saturated rings. The molecular weight excluding hydrogens is 368 g/mol. The van der Waals surface area contributed by atoms with Gasteiger partial charge in [-0.05, 0) is 70.8 Å². The van der Waals surface area contributed by atoms with Crippen molar-refractivity contribution in [1.29, 1.82) is 0 Å². The Hall–Kier alpha value is -1.95. The van der Waals surface area contributed by atoms with Gasteiger partial charge >= 0.3 is 0 Å². The minimum absolute atomic E-state index is 0.0270. The Labute approximate surface area is 171 Å². The summed E-state index contributed by atoms with van der Waals surface area (Å²) in [7, 11) is 0. The lowest BCUT2D eigenvalue weighted by molar-refractivity contribution is 0.0957. The molecule has 6 heteroatoms. The Kier molecular flexibility index (Phi) is 5.95. The second-order valence-electron chi connectivity index (χ2n) is 7.99. The number of thiophene rings is 1. The summed E-state index contributed by atoms with van der Waals surface area (Å²) in [5.74, 6) is 1.83. The van der Waals surface area contributed by atoms with Crippen LogP contribution < -0.4 is 10.2 Å². The van der Waals surface area contributed by atoms with Gasteiger partial charge in [-0.1, -0.05) is 11.6 Å². The number of aromatic nitrogens is 2. The van der Waals surface area contributed by atoms with E-state index in [1.807, 2.05) is 13.8 Å². The van der Waals surface area contributed by atoms with E-state index < -0.39 is 0 Å². The number of piperidine rings is 1. The van der Waals surface area contributed by atoms with E-state index in [0.717, 1.165) is 51.8 Å². The maximum atomic E-state index is 12.9. The Bertz CT molecular complexity index is 896. The van der Waals surface area contributed by atoms with Crippen LogP contribution in [-0.2, 0) is 0 Å². The average Bonchev–Trinajstić information content (AvgIpc) is 3.05. The first-order valence-electron chi connectivity index (χ1n) is 10.6. The van der Waals surface area contributed by atoms with Gasteiger partial charge in [0.15, 0.2) is 0 Å². The van der Waals surface area contributed by atoms with Crippen molar-refractivity contribution < 1.29 is 4.79 Å². The highest BCUT2D eigenvalue weighted by molar-refractivity contribution is 7.20. The fourth-order valence-corrected chi connectivity index (χ4v) is 5.46. The zero-order valence-electron chi connectivity index (χ0n) is 17.0. The molecule has 150 valence electrons. The Morgan fingerprint density at radius 3 is 2.71 bits per heavy atom. The van der Waals surface area contributed by atoms with Gasteiger partial charge in [0.25, 0.3) is 5.91 Å². The van der Waals surface area contributed by atoms with Crippen LogP contribution in [0.25, 0.3) is 10.2 Å². The van der Waals surface area contributed by atoms with Crippen LogP contribution >= 0.6 is 11.3 Å². The summed E-state index contributed by atoms with van der Waals surface area (Å²) in [6.45, 7) is 6.78. The maximum absolute atomic E-state index is 12.9. The number of hydrogen-bond donors (Lipinski definition) is 1. The number of aryl methyl sites for hydroxylation is 2. The van der Waals surface area contributed by atoms with Crippen LogP contribution in [0.5, 0.6) is 0 Å². The number of nitrogens with zero attached hydrogens (tertiary/aromatic N) is 3. The zero-order chi connectivity index (χ0) is 19.5. The molecule has 0 unspecified atom stereocenters. The first kappa shape index (κ1) is 19.4. The van der Waals surface area contributed by atoms with Gasteiger partial charge in [0.2, 0.25) is 0 Å². The Morgan fingerprint density at radius 1 is 1.14 bits per heavy atom. The highest BCUT2D eigenvalue weighted by Gasteiger charge is 2.23. The van der Waals surface area contributed by atoms with E-state index in [-0.39, 0.29) is 5.91 Å². The van der Waals surface area contributed by atoms with Crippen LogP contribution in [0.2, 0.25) is 0 Å². The van der Waals surface area contributed by atoms with E-state index in [1.54, 1.807) is 0 Å². The molecule has 0 atom stereocenters. The summed E-state index contributed by atoms with van der Waals surface area (Å²) in [5, 5.41) is 4.20. The van der Waals surface area contributed by atoms with Crippen LogP contribution in [0.1, 0.15) is 72.4 Å². The number of nitrogens with one attached hydrogen (secondary N) is 1. The number of carbonyl (C=O) groups excluding carboxylic acids is 1. The van der Waals surface area contributed by atoms with Gasteiger partial charge in [0, 0.05) is 19.6 Å². The molecule has 2 aromatic rings. The molecule has 1 saturated heterocycles. The molecule has 0 radical (unpaired) electrons. The summed E-state index contributed by atoms with van der Waals surface area (Å²) in [6.07, 6.45) is 12.0. The third-order valence-electron chi connectivity index (χ3n) is 5.86. The van der Waals surface area contributed by atoms with Gasteiger partial charge in [-0.25, -0.2) is 9.97 Å². The van der Waals surface area contributed by atoms with Crippen molar-refractivity contribution in [2.45, 2.75) is 65.2 Å². The number of allylic oxidation sites excluding steroid dienone is 1. The molecule has 2 aliphatic rings. The quantitative estimate of drug-likeness (QED) is 0.727. The second-order valence-corrected chi connectivity index (χ2v) is 8.99. The van der Waals surface area contributed by atoms with Crippen LogP contribution in [0, 0.1) is 13.8 Å². The second kappa shape index (κ2) is 8.60. The van der Waals surface area contributed by atoms with E-state index in [1.165, 1.54) is 61.9 Å². The largest absolute Gasteiger partial charge is 0.356 e. The fourth-order valence-electron chi connectivity index (χ4n) is 4.32. The minimum Gasteiger partial charge on any atom is -0.356 e. The molecule has 1 amide bonds. The van der Waals surface area contributed by atoms with Gasteiger partial charge in [-0.3, -0.25) is 4.79 Å². The fraction of sp³-hybridized carbons (Fsp3) is 0.591. The monoisotopic (exact) mass is 398 g/mol. The Morgan fingerprint density at radius 2 is 1.96 bits per heavy atom. The predicted octanol–water partition coefficient (Wildman–Crippen LogP) is 4.92. The topological polar surface area (TPSA) is 58.1 Å². The van der Waals surface area contributed by atoms with E-state index in [9.17, 15) is 4.79 Å². The van der Waals surface area contributed by atoms with Crippen molar-refractivity contribution in [2.75, 3.05) is 24.5 Å². The van der Waals surface area contributed by atoms with Crippen molar-refractivity contribution >= 4 is 33.3 Å². The maximum Gasteiger partial charge on any atom is 0.261 e. The third kappa shape index (κ3) is 4.07. The SMILES string of the molecule is Cc1nc(N2CCCCC2)c2c(C)c(C(=O)NCCC3=CCCCC3)sc2n1. The summed E-state index contributed by atoms with van der Waals surface area (Å²) in [4.78, 5) is 26.4. The number of amides is 1. The molecular formula is C22H30N4OS. The van der Waals surface area contributed by atoms with Crippen LogP contribution in [0.4, 0.5) is 5.82 Å². The molecule has 4 rings (SSSR count). The van der Waals surface area contributed by atoms with Crippen molar-refractivity contribution in [3.8, 4) is 0 Å². The van der Waals surface area contributed by atoms with Gasteiger partial charge in [-0.15, -0.1) is 11.3 Å². The molecule has 1 aliphatic heterocycles. The van der Waals surface area contributed by atoms with Crippen LogP contribution in [0.3, 0.4) is 0 Å². The summed E-state index contributed by atoms with van der Waals surface area (Å²) < 4.78 is 0. The Balaban J connectivity index is 1.54. The molecule has 2 aromatic heterocycles. The third-order valence-corrected chi connectivity index (χ3v) is 7.05. The number of anilines is 1. The first-order chi connectivity index (χ1) is 13.6. The highest BCUT2D eigenvalue weighted by atomic mass is 32.1. The lowest BCUT2D eigenvalue weighted by Crippen LogP contribution is -2.30. The summed E-state index contributed by atoms with van der Waals surface area (Å²) in [6, 6.07) is 0. The molecule has 0 aromatic carbocycles. The number of carbonyl (C=O) groups is 1. The summed E-state index contributed by atoms with van der Waals surface area (Å²) in [5.41, 5.74) is 2.52. The van der Waals surface area contributed by atoms with E-state index in [0.29, 0.717) is 6.54 Å². The van der Waals surface area contributed by atoms with Crippen molar-refractivity contribution in [1.82, 2.24) is 15.3 Å². The van der Waals surface area contributed by atoms with Crippen molar-refractivity contribution in [3.05, 3.63) is 27.9 Å². The van der Waals surface area contributed by atoms with Crippen molar-refractivity contribution in [3.63, 3.8) is 0 Å².